The summed E-state index contributed by atoms with van der Waals surface area (Å²) in [5.41, 5.74) is -0.596. The number of halogens is 3. The predicted octanol–water partition coefficient (Wildman–Crippen LogP) is 6.09. The molecule has 0 saturated carbocycles. The lowest BCUT2D eigenvalue weighted by molar-refractivity contribution is -0.140. The summed E-state index contributed by atoms with van der Waals surface area (Å²) in [5, 5.41) is 15.8. The number of alkyl halides is 3. The van der Waals surface area contributed by atoms with E-state index in [0.29, 0.717) is 29.7 Å². The van der Waals surface area contributed by atoms with Crippen LogP contribution in [-0.4, -0.2) is 38.2 Å². The predicted molar refractivity (Wildman–Crippen MR) is 147 cm³/mol. The minimum atomic E-state index is -4.65. The molecule has 40 heavy (non-hydrogen) atoms. The summed E-state index contributed by atoms with van der Waals surface area (Å²) in [6.45, 7) is 6.58. The van der Waals surface area contributed by atoms with Crippen molar-refractivity contribution >= 4 is 40.1 Å². The number of aromatic carboxylic acids is 1. The van der Waals surface area contributed by atoms with Crippen LogP contribution in [-0.2, 0) is 12.7 Å². The van der Waals surface area contributed by atoms with Crippen LogP contribution in [0.3, 0.4) is 0 Å². The van der Waals surface area contributed by atoms with Gasteiger partial charge in [-0.05, 0) is 36.6 Å². The summed E-state index contributed by atoms with van der Waals surface area (Å²) in [4.78, 5) is 45.1. The van der Waals surface area contributed by atoms with E-state index in [1.165, 1.54) is 24.5 Å². The Morgan fingerprint density at radius 1 is 1.18 bits per heavy atom. The Bertz CT molecular complexity index is 1650. The average molecular weight is 574 g/mol. The zero-order valence-electron chi connectivity index (χ0n) is 21.8. The summed E-state index contributed by atoms with van der Waals surface area (Å²) in [5.74, 6) is -1.07. The summed E-state index contributed by atoms with van der Waals surface area (Å²) in [6, 6.07) is 5.73. The van der Waals surface area contributed by atoms with E-state index in [1.807, 2.05) is 13.8 Å². The molecule has 4 rings (SSSR count). The molecule has 0 bridgehead atoms. The molecule has 0 unspecified atom stereocenters. The Kier molecular flexibility index (Phi) is 8.24. The van der Waals surface area contributed by atoms with Gasteiger partial charge in [-0.15, -0.1) is 11.3 Å². The number of carbonyl (C=O) groups excluding carboxylic acids is 1. The number of rotatable bonds is 8. The molecule has 0 radical (unpaired) electrons. The van der Waals surface area contributed by atoms with E-state index in [-0.39, 0.29) is 33.3 Å². The standard InChI is InChI=1S/C27H26F3N5O4S/c1-4-14(3)11-35-12-19(25(37)38)23(36)17-8-15(6-7-20(17)35)18-10-32-22(34-26(39)31-5-2)9-16(18)24-33-21(13-40-24)27(28,29)30/h6-10,12-14H,4-5,11H2,1-3H3,(H,37,38)(H2,31,32,34,39)/t14-/m0/s1. The molecular formula is C27H26F3N5O4S. The first-order valence-corrected chi connectivity index (χ1v) is 13.3. The molecule has 0 aliphatic carbocycles. The number of nitrogens with zero attached hydrogens (tertiary/aromatic N) is 3. The number of hydrogen-bond donors (Lipinski definition) is 3. The Labute approximate surface area is 230 Å². The van der Waals surface area contributed by atoms with Gasteiger partial charge < -0.3 is 15.0 Å². The number of hydrogen-bond acceptors (Lipinski definition) is 6. The number of carbonyl (C=O) groups is 2. The number of thiazole rings is 1. The van der Waals surface area contributed by atoms with Gasteiger partial charge in [-0.3, -0.25) is 10.1 Å². The number of carboxylic acids is 1. The van der Waals surface area contributed by atoms with Crippen LogP contribution in [0.15, 0.2) is 46.8 Å². The number of benzene rings is 1. The van der Waals surface area contributed by atoms with Gasteiger partial charge in [0, 0.05) is 47.4 Å². The highest BCUT2D eigenvalue weighted by Gasteiger charge is 2.34. The second-order valence-electron chi connectivity index (χ2n) is 9.21. The molecule has 2 amide bonds. The maximum Gasteiger partial charge on any atom is 0.434 e. The third kappa shape index (κ3) is 5.98. The van der Waals surface area contributed by atoms with Crippen LogP contribution in [0.5, 0.6) is 0 Å². The fourth-order valence-electron chi connectivity index (χ4n) is 4.11. The number of amides is 2. The van der Waals surface area contributed by atoms with Gasteiger partial charge in [-0.1, -0.05) is 26.3 Å². The van der Waals surface area contributed by atoms with Crippen LogP contribution < -0.4 is 16.1 Å². The number of nitrogens with one attached hydrogen (secondary N) is 2. The van der Waals surface area contributed by atoms with Gasteiger partial charge in [0.25, 0.3) is 0 Å². The van der Waals surface area contributed by atoms with Crippen molar-refractivity contribution in [2.24, 2.45) is 5.92 Å². The average Bonchev–Trinajstić information content (AvgIpc) is 3.41. The summed E-state index contributed by atoms with van der Waals surface area (Å²) in [7, 11) is 0. The van der Waals surface area contributed by atoms with E-state index in [0.717, 1.165) is 23.1 Å². The van der Waals surface area contributed by atoms with Crippen molar-refractivity contribution in [3.05, 3.63) is 63.5 Å². The van der Waals surface area contributed by atoms with E-state index in [1.54, 1.807) is 23.6 Å². The van der Waals surface area contributed by atoms with Crippen LogP contribution in [0.25, 0.3) is 32.6 Å². The van der Waals surface area contributed by atoms with Gasteiger partial charge in [-0.2, -0.15) is 13.2 Å². The normalized spacial score (nSPS) is 12.3. The number of anilines is 1. The fourth-order valence-corrected chi connectivity index (χ4v) is 4.97. The Morgan fingerprint density at radius 2 is 1.93 bits per heavy atom. The van der Waals surface area contributed by atoms with Crippen LogP contribution in [0, 0.1) is 5.92 Å². The topological polar surface area (TPSA) is 126 Å². The van der Waals surface area contributed by atoms with Crippen molar-refractivity contribution in [1.29, 1.82) is 0 Å². The van der Waals surface area contributed by atoms with E-state index in [4.69, 9.17) is 0 Å². The molecule has 1 atom stereocenters. The van der Waals surface area contributed by atoms with E-state index < -0.39 is 29.3 Å². The molecule has 9 nitrogen and oxygen atoms in total. The smallest absolute Gasteiger partial charge is 0.434 e. The first-order valence-electron chi connectivity index (χ1n) is 12.4. The fraction of sp³-hybridized carbons (Fsp3) is 0.296. The first kappa shape index (κ1) is 28.7. The van der Waals surface area contributed by atoms with Crippen LogP contribution in [0.4, 0.5) is 23.8 Å². The molecule has 0 aliphatic heterocycles. The lowest BCUT2D eigenvalue weighted by Crippen LogP contribution is -2.28. The van der Waals surface area contributed by atoms with Gasteiger partial charge in [0.05, 0.1) is 5.52 Å². The maximum absolute atomic E-state index is 13.3. The number of urea groups is 1. The largest absolute Gasteiger partial charge is 0.477 e. The lowest BCUT2D eigenvalue weighted by Gasteiger charge is -2.17. The summed E-state index contributed by atoms with van der Waals surface area (Å²) >= 11 is 0.770. The van der Waals surface area contributed by atoms with E-state index >= 15 is 0 Å². The zero-order valence-corrected chi connectivity index (χ0v) is 22.6. The lowest BCUT2D eigenvalue weighted by atomic mass is 9.99. The molecule has 210 valence electrons. The van der Waals surface area contributed by atoms with E-state index in [9.17, 15) is 32.7 Å². The van der Waals surface area contributed by atoms with E-state index in [2.05, 4.69) is 20.6 Å². The molecule has 3 aromatic heterocycles. The summed E-state index contributed by atoms with van der Waals surface area (Å²) < 4.78 is 41.7. The minimum Gasteiger partial charge on any atom is -0.477 e. The van der Waals surface area contributed by atoms with Gasteiger partial charge in [0.1, 0.15) is 16.4 Å². The molecule has 0 fully saturated rings. The third-order valence-corrected chi connectivity index (χ3v) is 7.21. The molecule has 13 heteroatoms. The van der Waals surface area contributed by atoms with Gasteiger partial charge in [0.2, 0.25) is 5.43 Å². The molecule has 4 aromatic rings. The van der Waals surface area contributed by atoms with Gasteiger partial charge in [0.15, 0.2) is 5.69 Å². The molecule has 0 spiro atoms. The highest BCUT2D eigenvalue weighted by molar-refractivity contribution is 7.13. The van der Waals surface area contributed by atoms with Gasteiger partial charge >= 0.3 is 18.2 Å². The van der Waals surface area contributed by atoms with Crippen molar-refractivity contribution in [2.75, 3.05) is 11.9 Å². The monoisotopic (exact) mass is 573 g/mol. The van der Waals surface area contributed by atoms with Crippen LogP contribution in [0.1, 0.15) is 43.2 Å². The maximum atomic E-state index is 13.3. The molecule has 3 N–H and O–H groups in total. The highest BCUT2D eigenvalue weighted by Crippen LogP contribution is 2.39. The molecule has 0 aliphatic rings. The number of carboxylic acid groups (broad SMARTS) is 1. The zero-order chi connectivity index (χ0) is 29.2. The van der Waals surface area contributed by atoms with Crippen molar-refractivity contribution < 1.29 is 27.9 Å². The third-order valence-electron chi connectivity index (χ3n) is 6.33. The Hall–Kier alpha value is -4.26. The molecule has 3 heterocycles. The van der Waals surface area contributed by atoms with Crippen LogP contribution in [0.2, 0.25) is 0 Å². The van der Waals surface area contributed by atoms with Crippen molar-refractivity contribution in [3.8, 4) is 21.7 Å². The number of fused-ring (bicyclic) bond motifs is 1. The van der Waals surface area contributed by atoms with Crippen LogP contribution >= 0.6 is 11.3 Å². The molecule has 1 aromatic carbocycles. The van der Waals surface area contributed by atoms with Crippen molar-refractivity contribution in [1.82, 2.24) is 19.9 Å². The quantitative estimate of drug-likeness (QED) is 0.234. The van der Waals surface area contributed by atoms with Crippen molar-refractivity contribution in [3.63, 3.8) is 0 Å². The highest BCUT2D eigenvalue weighted by atomic mass is 32.1. The Morgan fingerprint density at radius 3 is 2.55 bits per heavy atom. The number of aromatic nitrogens is 3. The second kappa shape index (κ2) is 11.5. The first-order chi connectivity index (χ1) is 18.9. The SMILES string of the molecule is CCNC(=O)Nc1cc(-c2nc(C(F)(F)F)cs2)c(-c2ccc3c(c2)c(=O)c(C(=O)O)cn3C[C@@H](C)CC)cn1. The molecule has 0 saturated heterocycles. The molecular weight excluding hydrogens is 547 g/mol. The summed E-state index contributed by atoms with van der Waals surface area (Å²) in [6.07, 6.45) is -1.11. The van der Waals surface area contributed by atoms with Crippen molar-refractivity contribution in [2.45, 2.75) is 39.9 Å². The van der Waals surface area contributed by atoms with Gasteiger partial charge in [-0.25, -0.2) is 19.6 Å². The number of pyridine rings is 2. The Balaban J connectivity index is 1.92. The minimum absolute atomic E-state index is 0.0252. The second-order valence-corrected chi connectivity index (χ2v) is 10.1.